The van der Waals surface area contributed by atoms with Crippen molar-refractivity contribution in [3.8, 4) is 5.75 Å². The van der Waals surface area contributed by atoms with Crippen LogP contribution in [0.15, 0.2) is 41.9 Å². The molecule has 5 heteroatoms. The van der Waals surface area contributed by atoms with E-state index >= 15 is 0 Å². The van der Waals surface area contributed by atoms with E-state index in [1.165, 1.54) is 6.08 Å². The van der Waals surface area contributed by atoms with Gasteiger partial charge in [-0.2, -0.15) is 0 Å². The number of nitrogens with one attached hydrogen (secondary N) is 1. The maximum atomic E-state index is 11.7. The van der Waals surface area contributed by atoms with E-state index in [4.69, 9.17) is 4.84 Å². The fraction of sp³-hybridized carbons (Fsp3) is 0.0909. The summed E-state index contributed by atoms with van der Waals surface area (Å²) in [6.45, 7) is 3.41. The molecule has 0 atom stereocenters. The Bertz CT molecular complexity index is 546. The second-order valence-electron chi connectivity index (χ2n) is 3.32. The number of hydrogen-bond acceptors (Lipinski definition) is 4. The monoisotopic (exact) mass is 237 g/mol. The normalized spacial score (nSPS) is 14.1. The van der Waals surface area contributed by atoms with Gasteiger partial charge in [-0.3, -0.25) is 0 Å². The fourth-order valence-corrected chi connectivity index (χ4v) is 2.33. The largest absolute Gasteiger partial charge is 0.381 e. The van der Waals surface area contributed by atoms with Gasteiger partial charge in [-0.25, -0.2) is 13.9 Å². The molecule has 0 radical (unpaired) electrons. The number of hydroxylamine groups is 1. The molecule has 84 valence electrons. The van der Waals surface area contributed by atoms with Crippen molar-refractivity contribution in [1.29, 1.82) is 0 Å². The van der Waals surface area contributed by atoms with Crippen molar-refractivity contribution in [1.82, 2.24) is 5.48 Å². The summed E-state index contributed by atoms with van der Waals surface area (Å²) >= 11 is 0. The summed E-state index contributed by atoms with van der Waals surface area (Å²) in [5.74, 6) is 0.497. The molecule has 1 N–H and O–H groups in total. The average Bonchev–Trinajstić information content (AvgIpc) is 2.28. The minimum absolute atomic E-state index is 0.0612. The van der Waals surface area contributed by atoms with Gasteiger partial charge in [0.05, 0.1) is 5.75 Å². The third-order valence-corrected chi connectivity index (χ3v) is 3.69. The minimum Gasteiger partial charge on any atom is -0.381 e. The minimum atomic E-state index is -3.37. The zero-order chi connectivity index (χ0) is 11.6. The molecule has 0 aromatic heterocycles. The Kier molecular flexibility index (Phi) is 2.70. The van der Waals surface area contributed by atoms with Gasteiger partial charge >= 0.3 is 0 Å². The highest BCUT2D eigenvalue weighted by atomic mass is 32.2. The molecule has 1 heterocycles. The molecule has 0 fully saturated rings. The first-order valence-corrected chi connectivity index (χ1v) is 6.36. The van der Waals surface area contributed by atoms with Crippen LogP contribution in [0, 0.1) is 0 Å². The van der Waals surface area contributed by atoms with E-state index in [1.807, 2.05) is 12.1 Å². The van der Waals surface area contributed by atoms with E-state index < -0.39 is 9.84 Å². The lowest BCUT2D eigenvalue weighted by molar-refractivity contribution is 0.233. The number of hydrogen-bond donors (Lipinski definition) is 1. The summed E-state index contributed by atoms with van der Waals surface area (Å²) in [6.07, 6.45) is 2.90. The van der Waals surface area contributed by atoms with Crippen LogP contribution in [-0.4, -0.2) is 14.2 Å². The van der Waals surface area contributed by atoms with Gasteiger partial charge in [-0.15, -0.1) is 6.58 Å². The zero-order valence-electron chi connectivity index (χ0n) is 8.51. The average molecular weight is 237 g/mol. The second kappa shape index (κ2) is 4.02. The molecular weight excluding hydrogens is 226 g/mol. The number of sulfone groups is 1. The van der Waals surface area contributed by atoms with Crippen molar-refractivity contribution in [2.24, 2.45) is 0 Å². The maximum Gasteiger partial charge on any atom is 0.199 e. The molecule has 2 rings (SSSR count). The van der Waals surface area contributed by atoms with Gasteiger partial charge in [0.2, 0.25) is 0 Å². The molecule has 0 saturated carbocycles. The van der Waals surface area contributed by atoms with Crippen LogP contribution >= 0.6 is 0 Å². The van der Waals surface area contributed by atoms with E-state index in [0.29, 0.717) is 5.75 Å². The molecule has 1 aromatic carbocycles. The summed E-state index contributed by atoms with van der Waals surface area (Å²) in [4.78, 5) is 5.14. The van der Waals surface area contributed by atoms with E-state index in [9.17, 15) is 8.42 Å². The Morgan fingerprint density at radius 1 is 1.38 bits per heavy atom. The topological polar surface area (TPSA) is 55.4 Å². The van der Waals surface area contributed by atoms with Gasteiger partial charge in [-0.05, 0) is 12.1 Å². The zero-order valence-corrected chi connectivity index (χ0v) is 9.33. The van der Waals surface area contributed by atoms with Crippen molar-refractivity contribution in [3.05, 3.63) is 47.5 Å². The molecule has 0 saturated heterocycles. The number of para-hydroxylation sites is 1. The highest BCUT2D eigenvalue weighted by Crippen LogP contribution is 2.25. The molecular formula is C11H11NO3S. The Hall–Kier alpha value is -1.75. The van der Waals surface area contributed by atoms with Crippen LogP contribution in [0.1, 0.15) is 5.56 Å². The predicted octanol–water partition coefficient (Wildman–Crippen LogP) is 1.48. The number of benzene rings is 1. The van der Waals surface area contributed by atoms with Crippen molar-refractivity contribution in [2.75, 3.05) is 5.75 Å². The van der Waals surface area contributed by atoms with E-state index in [2.05, 4.69) is 12.1 Å². The smallest absolute Gasteiger partial charge is 0.199 e. The predicted molar refractivity (Wildman–Crippen MR) is 62.2 cm³/mol. The Balaban J connectivity index is 2.42. The number of rotatable bonds is 3. The van der Waals surface area contributed by atoms with E-state index in [-0.39, 0.29) is 10.8 Å². The second-order valence-corrected chi connectivity index (χ2v) is 5.32. The van der Waals surface area contributed by atoms with Crippen molar-refractivity contribution < 1.29 is 13.3 Å². The highest BCUT2D eigenvalue weighted by Gasteiger charge is 2.21. The third kappa shape index (κ3) is 1.94. The third-order valence-electron chi connectivity index (χ3n) is 2.14. The molecule has 0 unspecified atom stereocenters. The summed E-state index contributed by atoms with van der Waals surface area (Å²) in [7, 11) is -3.37. The lowest BCUT2D eigenvalue weighted by Gasteiger charge is -2.18. The fourth-order valence-electron chi connectivity index (χ4n) is 1.37. The summed E-state index contributed by atoms with van der Waals surface area (Å²) in [5.41, 5.74) is 3.17. The van der Waals surface area contributed by atoms with Crippen LogP contribution in [-0.2, 0) is 9.84 Å². The first kappa shape index (κ1) is 10.8. The van der Waals surface area contributed by atoms with Crippen molar-refractivity contribution in [3.63, 3.8) is 0 Å². The molecule has 1 aliphatic rings. The van der Waals surface area contributed by atoms with Crippen molar-refractivity contribution in [2.45, 2.75) is 0 Å². The SMILES string of the molecule is C=CCS(=O)(=O)C1=Cc2ccccc2ON1. The molecule has 0 bridgehead atoms. The van der Waals surface area contributed by atoms with Crippen molar-refractivity contribution >= 4 is 15.9 Å². The molecule has 0 spiro atoms. The van der Waals surface area contributed by atoms with Gasteiger partial charge in [-0.1, -0.05) is 24.3 Å². The van der Waals surface area contributed by atoms with Gasteiger partial charge in [0.1, 0.15) is 0 Å². The molecule has 16 heavy (non-hydrogen) atoms. The molecule has 4 nitrogen and oxygen atoms in total. The quantitative estimate of drug-likeness (QED) is 0.809. The van der Waals surface area contributed by atoms with Crippen LogP contribution in [0.25, 0.3) is 6.08 Å². The lowest BCUT2D eigenvalue weighted by Crippen LogP contribution is -2.27. The lowest BCUT2D eigenvalue weighted by atomic mass is 10.2. The van der Waals surface area contributed by atoms with Gasteiger partial charge in [0.25, 0.3) is 0 Å². The highest BCUT2D eigenvalue weighted by molar-refractivity contribution is 7.95. The van der Waals surface area contributed by atoms with E-state index in [1.54, 1.807) is 18.2 Å². The number of fused-ring (bicyclic) bond motifs is 1. The van der Waals surface area contributed by atoms with Crippen LogP contribution < -0.4 is 10.3 Å². The van der Waals surface area contributed by atoms with Crippen LogP contribution in [0.5, 0.6) is 5.75 Å². The molecule has 0 amide bonds. The molecule has 0 aliphatic carbocycles. The van der Waals surface area contributed by atoms with Crippen LogP contribution in [0.3, 0.4) is 0 Å². The Morgan fingerprint density at radius 3 is 2.88 bits per heavy atom. The standard InChI is InChI=1S/C11H11NO3S/c1-2-7-16(13,14)11-8-9-5-3-4-6-10(9)15-12-11/h2-6,8,12H,1,7H2. The van der Waals surface area contributed by atoms with Gasteiger partial charge in [0.15, 0.2) is 20.6 Å². The van der Waals surface area contributed by atoms with E-state index in [0.717, 1.165) is 5.56 Å². The summed E-state index contributed by atoms with van der Waals surface area (Å²) in [6, 6.07) is 7.19. The molecule has 1 aromatic rings. The molecule has 1 aliphatic heterocycles. The van der Waals surface area contributed by atoms with Crippen LogP contribution in [0.2, 0.25) is 0 Å². The summed E-state index contributed by atoms with van der Waals surface area (Å²) < 4.78 is 23.4. The Morgan fingerprint density at radius 2 is 2.12 bits per heavy atom. The maximum absolute atomic E-state index is 11.7. The summed E-state index contributed by atoms with van der Waals surface area (Å²) in [5, 5.41) is 0.0612. The van der Waals surface area contributed by atoms with Gasteiger partial charge < -0.3 is 4.84 Å². The first-order valence-electron chi connectivity index (χ1n) is 4.71. The first-order chi connectivity index (χ1) is 7.63. The van der Waals surface area contributed by atoms with Gasteiger partial charge in [0, 0.05) is 5.56 Å². The Labute approximate surface area is 94.1 Å². The van der Waals surface area contributed by atoms with Crippen LogP contribution in [0.4, 0.5) is 0 Å².